The van der Waals surface area contributed by atoms with Gasteiger partial charge in [0.05, 0.1) is 0 Å². The molecule has 1 atom stereocenters. The number of rotatable bonds is 5. The Kier molecular flexibility index (Phi) is 4.61. The van der Waals surface area contributed by atoms with E-state index < -0.39 is 12.4 Å². The van der Waals surface area contributed by atoms with E-state index in [4.69, 9.17) is 0 Å². The average Bonchev–Trinajstić information content (AvgIpc) is 2.16. The van der Waals surface area contributed by atoms with Gasteiger partial charge in [-0.1, -0.05) is 13.0 Å². The van der Waals surface area contributed by atoms with Crippen LogP contribution in [0.25, 0.3) is 0 Å². The SMILES string of the molecule is CCNC(C)c1ccc(OC(F)F)cc1F. The summed E-state index contributed by atoms with van der Waals surface area (Å²) in [6.07, 6.45) is 0. The van der Waals surface area contributed by atoms with Crippen LogP contribution in [0.2, 0.25) is 0 Å². The minimum atomic E-state index is -2.93. The molecule has 1 N–H and O–H groups in total. The summed E-state index contributed by atoms with van der Waals surface area (Å²) in [7, 11) is 0. The summed E-state index contributed by atoms with van der Waals surface area (Å²) in [6.45, 7) is 1.48. The van der Waals surface area contributed by atoms with Gasteiger partial charge in [-0.05, 0) is 19.5 Å². The van der Waals surface area contributed by atoms with Gasteiger partial charge in [-0.3, -0.25) is 0 Å². The molecular formula is C11H14F3NO. The van der Waals surface area contributed by atoms with Gasteiger partial charge in [0, 0.05) is 17.7 Å². The monoisotopic (exact) mass is 233 g/mol. The molecule has 0 aliphatic heterocycles. The quantitative estimate of drug-likeness (QED) is 0.843. The minimum absolute atomic E-state index is 0.161. The largest absolute Gasteiger partial charge is 0.435 e. The molecule has 0 aliphatic rings. The molecule has 0 fully saturated rings. The molecule has 0 saturated heterocycles. The predicted molar refractivity (Wildman–Crippen MR) is 55.1 cm³/mol. The highest BCUT2D eigenvalue weighted by atomic mass is 19.3. The topological polar surface area (TPSA) is 21.3 Å². The van der Waals surface area contributed by atoms with E-state index in [9.17, 15) is 13.2 Å². The van der Waals surface area contributed by atoms with E-state index in [0.29, 0.717) is 12.1 Å². The minimum Gasteiger partial charge on any atom is -0.435 e. The molecule has 0 amide bonds. The van der Waals surface area contributed by atoms with Crippen molar-refractivity contribution >= 4 is 0 Å². The van der Waals surface area contributed by atoms with E-state index >= 15 is 0 Å². The van der Waals surface area contributed by atoms with Crippen molar-refractivity contribution in [3.8, 4) is 5.75 Å². The highest BCUT2D eigenvalue weighted by Gasteiger charge is 2.12. The molecule has 5 heteroatoms. The standard InChI is InChI=1S/C11H14F3NO/c1-3-15-7(2)9-5-4-8(6-10(9)12)16-11(13)14/h4-7,11,15H,3H2,1-2H3. The van der Waals surface area contributed by atoms with Gasteiger partial charge in [-0.2, -0.15) is 8.78 Å². The van der Waals surface area contributed by atoms with Gasteiger partial charge in [-0.15, -0.1) is 0 Å². The molecule has 0 spiro atoms. The summed E-state index contributed by atoms with van der Waals surface area (Å²) in [5, 5.41) is 3.03. The molecule has 1 aromatic carbocycles. The fraction of sp³-hybridized carbons (Fsp3) is 0.455. The van der Waals surface area contributed by atoms with E-state index in [1.54, 1.807) is 6.92 Å². The molecule has 0 aromatic heterocycles. The van der Waals surface area contributed by atoms with Gasteiger partial charge in [0.25, 0.3) is 0 Å². The first kappa shape index (κ1) is 12.8. The first-order valence-corrected chi connectivity index (χ1v) is 5.02. The third kappa shape index (κ3) is 3.41. The zero-order chi connectivity index (χ0) is 12.1. The third-order valence-electron chi connectivity index (χ3n) is 2.17. The fourth-order valence-electron chi connectivity index (χ4n) is 1.45. The van der Waals surface area contributed by atoms with Gasteiger partial charge in [0.2, 0.25) is 0 Å². The van der Waals surface area contributed by atoms with Crippen molar-refractivity contribution in [2.45, 2.75) is 26.5 Å². The third-order valence-corrected chi connectivity index (χ3v) is 2.17. The Labute approximate surface area is 92.4 Å². The maximum atomic E-state index is 13.5. The van der Waals surface area contributed by atoms with Crippen LogP contribution in [0.4, 0.5) is 13.2 Å². The van der Waals surface area contributed by atoms with E-state index in [-0.39, 0.29) is 11.8 Å². The first-order chi connectivity index (χ1) is 7.54. The van der Waals surface area contributed by atoms with Crippen molar-refractivity contribution < 1.29 is 17.9 Å². The highest BCUT2D eigenvalue weighted by Crippen LogP contribution is 2.22. The van der Waals surface area contributed by atoms with Crippen molar-refractivity contribution in [1.29, 1.82) is 0 Å². The van der Waals surface area contributed by atoms with E-state index in [0.717, 1.165) is 6.07 Å². The molecular weight excluding hydrogens is 219 g/mol. The second-order valence-corrected chi connectivity index (χ2v) is 3.34. The summed E-state index contributed by atoms with van der Waals surface area (Å²) < 4.78 is 41.4. The molecule has 16 heavy (non-hydrogen) atoms. The Bertz CT molecular complexity index is 344. The van der Waals surface area contributed by atoms with Crippen LogP contribution in [-0.4, -0.2) is 13.2 Å². The van der Waals surface area contributed by atoms with E-state index in [1.807, 2.05) is 6.92 Å². The number of alkyl halides is 2. The highest BCUT2D eigenvalue weighted by molar-refractivity contribution is 5.30. The van der Waals surface area contributed by atoms with Crippen LogP contribution in [-0.2, 0) is 0 Å². The van der Waals surface area contributed by atoms with Gasteiger partial charge in [0.15, 0.2) is 0 Å². The van der Waals surface area contributed by atoms with Gasteiger partial charge in [0.1, 0.15) is 11.6 Å². The van der Waals surface area contributed by atoms with Crippen LogP contribution in [0.15, 0.2) is 18.2 Å². The second kappa shape index (κ2) is 5.75. The molecule has 90 valence electrons. The molecule has 0 bridgehead atoms. The Balaban J connectivity index is 2.82. The Morgan fingerprint density at radius 2 is 2.06 bits per heavy atom. The molecule has 0 aliphatic carbocycles. The lowest BCUT2D eigenvalue weighted by Gasteiger charge is -2.14. The van der Waals surface area contributed by atoms with Crippen LogP contribution < -0.4 is 10.1 Å². The Morgan fingerprint density at radius 1 is 1.38 bits per heavy atom. The van der Waals surface area contributed by atoms with Crippen LogP contribution in [0.5, 0.6) is 5.75 Å². The smallest absolute Gasteiger partial charge is 0.387 e. The number of nitrogens with one attached hydrogen (secondary N) is 1. The zero-order valence-electron chi connectivity index (χ0n) is 9.14. The first-order valence-electron chi connectivity index (χ1n) is 5.02. The number of ether oxygens (including phenoxy) is 1. The number of hydrogen-bond donors (Lipinski definition) is 1. The number of halogens is 3. The number of benzene rings is 1. The molecule has 1 rings (SSSR count). The molecule has 0 radical (unpaired) electrons. The van der Waals surface area contributed by atoms with Crippen LogP contribution >= 0.6 is 0 Å². The van der Waals surface area contributed by atoms with Crippen LogP contribution in [0.3, 0.4) is 0 Å². The molecule has 1 aromatic rings. The van der Waals surface area contributed by atoms with Crippen molar-refractivity contribution in [1.82, 2.24) is 5.32 Å². The van der Waals surface area contributed by atoms with Gasteiger partial charge in [-0.25, -0.2) is 4.39 Å². The zero-order valence-corrected chi connectivity index (χ0v) is 9.14. The van der Waals surface area contributed by atoms with Crippen molar-refractivity contribution in [3.05, 3.63) is 29.6 Å². The molecule has 2 nitrogen and oxygen atoms in total. The second-order valence-electron chi connectivity index (χ2n) is 3.34. The summed E-state index contributed by atoms with van der Waals surface area (Å²) >= 11 is 0. The summed E-state index contributed by atoms with van der Waals surface area (Å²) in [6, 6.07) is 3.58. The summed E-state index contributed by atoms with van der Waals surface area (Å²) in [4.78, 5) is 0. The van der Waals surface area contributed by atoms with Crippen molar-refractivity contribution in [3.63, 3.8) is 0 Å². The number of hydrogen-bond acceptors (Lipinski definition) is 2. The lowest BCUT2D eigenvalue weighted by molar-refractivity contribution is -0.0500. The predicted octanol–water partition coefficient (Wildman–Crippen LogP) is 3.10. The summed E-state index contributed by atoms with van der Waals surface area (Å²) in [5.41, 5.74) is 0.434. The van der Waals surface area contributed by atoms with Gasteiger partial charge >= 0.3 is 6.61 Å². The fourth-order valence-corrected chi connectivity index (χ4v) is 1.45. The van der Waals surface area contributed by atoms with Gasteiger partial charge < -0.3 is 10.1 Å². The average molecular weight is 233 g/mol. The maximum Gasteiger partial charge on any atom is 0.387 e. The van der Waals surface area contributed by atoms with E-state index in [2.05, 4.69) is 10.1 Å². The molecule has 0 heterocycles. The normalized spacial score (nSPS) is 12.9. The Morgan fingerprint density at radius 3 is 2.56 bits per heavy atom. The van der Waals surface area contributed by atoms with Crippen LogP contribution in [0.1, 0.15) is 25.5 Å². The maximum absolute atomic E-state index is 13.5. The van der Waals surface area contributed by atoms with E-state index in [1.165, 1.54) is 12.1 Å². The van der Waals surface area contributed by atoms with Crippen LogP contribution in [0, 0.1) is 5.82 Å². The Hall–Kier alpha value is -1.23. The van der Waals surface area contributed by atoms with Crippen molar-refractivity contribution in [2.24, 2.45) is 0 Å². The van der Waals surface area contributed by atoms with Crippen molar-refractivity contribution in [2.75, 3.05) is 6.54 Å². The summed E-state index contributed by atoms with van der Waals surface area (Å²) in [5.74, 6) is -0.716. The molecule has 1 unspecified atom stereocenters. The lowest BCUT2D eigenvalue weighted by Crippen LogP contribution is -2.18. The molecule has 0 saturated carbocycles. The lowest BCUT2D eigenvalue weighted by atomic mass is 10.1.